The summed E-state index contributed by atoms with van der Waals surface area (Å²) in [6.45, 7) is 0.539. The predicted molar refractivity (Wildman–Crippen MR) is 185 cm³/mol. The molecule has 2 aromatic carbocycles. The second kappa shape index (κ2) is 15.1. The minimum Gasteiger partial charge on any atom is -0.508 e. The molecule has 4 bridgehead atoms. The molecule has 2 aromatic rings. The molecule has 6 rings (SSSR count). The molecule has 10 nitrogen and oxygen atoms in total. The summed E-state index contributed by atoms with van der Waals surface area (Å²) in [4.78, 5) is 58.4. The number of aliphatic hydroxyl groups is 1. The maximum Gasteiger partial charge on any atom is 0.253 e. The van der Waals surface area contributed by atoms with Crippen molar-refractivity contribution in [3.63, 3.8) is 0 Å². The van der Waals surface area contributed by atoms with Crippen LogP contribution in [0.2, 0.25) is 0 Å². The number of aliphatic hydroxyl groups excluding tert-OH is 1. The maximum atomic E-state index is 15.2. The minimum atomic E-state index is -2.08. The van der Waals surface area contributed by atoms with Crippen molar-refractivity contribution in [2.24, 2.45) is 35.1 Å². The fraction of sp³-hybridized carbons (Fsp3) is 0.543. The van der Waals surface area contributed by atoms with Crippen LogP contribution in [0.3, 0.4) is 0 Å². The van der Waals surface area contributed by atoms with Crippen LogP contribution in [-0.4, -0.2) is 75.4 Å². The number of amides is 2. The van der Waals surface area contributed by atoms with Gasteiger partial charge >= 0.3 is 0 Å². The van der Waals surface area contributed by atoms with Crippen LogP contribution < -0.4 is 21.7 Å². The number of hydrogen-bond acceptors (Lipinski definition) is 9. The van der Waals surface area contributed by atoms with Gasteiger partial charge in [-0.25, -0.2) is 0 Å². The van der Waals surface area contributed by atoms with E-state index in [-0.39, 0.29) is 36.9 Å². The molecular formula is C35H47ClN4O6S. The molecule has 0 saturated heterocycles. The Kier molecular flexibility index (Phi) is 11.8. The molecule has 3 unspecified atom stereocenters. The van der Waals surface area contributed by atoms with Crippen LogP contribution in [0.15, 0.2) is 54.6 Å². The number of halogens is 1. The van der Waals surface area contributed by atoms with Gasteiger partial charge in [0.15, 0.2) is 17.1 Å². The highest BCUT2D eigenvalue weighted by atomic mass is 35.5. The Morgan fingerprint density at radius 2 is 1.66 bits per heavy atom. The first kappa shape index (κ1) is 36.9. The smallest absolute Gasteiger partial charge is 0.253 e. The number of thioether (sulfide) groups is 1. The molecule has 0 aromatic heterocycles. The molecule has 2 amide bonds. The number of nitrogens with one attached hydrogen (secondary N) is 1. The van der Waals surface area contributed by atoms with Crippen molar-refractivity contribution in [2.45, 2.75) is 75.0 Å². The van der Waals surface area contributed by atoms with Crippen LogP contribution in [0.25, 0.3) is 0 Å². The number of ketones is 2. The average molecular weight is 687 g/mol. The number of carbonyl (C=O) groups excluding carboxylic acids is 4. The summed E-state index contributed by atoms with van der Waals surface area (Å²) < 4.78 is 0. The van der Waals surface area contributed by atoms with Gasteiger partial charge in [0.05, 0.1) is 12.1 Å². The number of para-hydroxylation sites is 1. The lowest BCUT2D eigenvalue weighted by molar-refractivity contribution is -0.150. The molecule has 256 valence electrons. The molecule has 47 heavy (non-hydrogen) atoms. The van der Waals surface area contributed by atoms with Gasteiger partial charge in [0.1, 0.15) is 12.4 Å². The second-order valence-electron chi connectivity index (χ2n) is 13.7. The van der Waals surface area contributed by atoms with Crippen molar-refractivity contribution in [3.05, 3.63) is 60.2 Å². The average Bonchev–Trinajstić information content (AvgIpc) is 3.02. The molecular weight excluding hydrogens is 640 g/mol. The van der Waals surface area contributed by atoms with E-state index < -0.39 is 59.1 Å². The number of aromatic hydroxyl groups is 1. The number of hydrogen-bond donors (Lipinski definition) is 5. The van der Waals surface area contributed by atoms with Crippen molar-refractivity contribution in [1.29, 1.82) is 0 Å². The first-order chi connectivity index (χ1) is 21.9. The van der Waals surface area contributed by atoms with Crippen LogP contribution in [0.1, 0.15) is 51.0 Å². The Morgan fingerprint density at radius 3 is 2.21 bits per heavy atom. The van der Waals surface area contributed by atoms with E-state index in [9.17, 15) is 19.8 Å². The number of anilines is 1. The number of carbonyl (C=O) groups is 4. The number of Topliss-reactive ketones (excluding diaryl/α,β-unsaturated/α-hetero) is 2. The van der Waals surface area contributed by atoms with Gasteiger partial charge in [-0.05, 0) is 111 Å². The molecule has 0 aliphatic heterocycles. The van der Waals surface area contributed by atoms with Crippen molar-refractivity contribution in [2.75, 3.05) is 23.5 Å². The standard InChI is InChI=1S/C35H46N4O6S.ClH/c1-34(39(29(42)20-40)25-6-4-3-5-7-25,32(44)30-24-15-22-14-23(16-24)19-35(30,37)18-22)31(43)28(12-13-46-2)38-33(45)27(36)17-21-8-10-26(41)11-9-21;/h3-11,22-24,27-28,30,40-41H,12-20,36-37H2,1-2H3,(H,38,45);1H/t22?,23?,24?,27-,28+,30?,34+,35?;/m0./s1. The van der Waals surface area contributed by atoms with E-state index in [0.717, 1.165) is 29.7 Å². The number of phenols is 1. The first-order valence-electron chi connectivity index (χ1n) is 16.1. The van der Waals surface area contributed by atoms with Crippen LogP contribution in [0, 0.1) is 23.7 Å². The van der Waals surface area contributed by atoms with Gasteiger partial charge in [-0.15, -0.1) is 12.4 Å². The molecule has 4 fully saturated rings. The van der Waals surface area contributed by atoms with Crippen molar-refractivity contribution < 1.29 is 29.4 Å². The molecule has 12 heteroatoms. The highest BCUT2D eigenvalue weighted by molar-refractivity contribution is 7.98. The summed E-state index contributed by atoms with van der Waals surface area (Å²) >= 11 is 1.48. The van der Waals surface area contributed by atoms with Crippen molar-refractivity contribution >= 4 is 53.2 Å². The van der Waals surface area contributed by atoms with E-state index in [1.807, 2.05) is 6.26 Å². The van der Waals surface area contributed by atoms with E-state index >= 15 is 9.59 Å². The monoisotopic (exact) mass is 686 g/mol. The number of nitrogens with two attached hydrogens (primary N) is 2. The van der Waals surface area contributed by atoms with E-state index in [4.69, 9.17) is 11.5 Å². The van der Waals surface area contributed by atoms with Gasteiger partial charge in [-0.1, -0.05) is 30.3 Å². The summed E-state index contributed by atoms with van der Waals surface area (Å²) in [6.07, 6.45) is 6.44. The van der Waals surface area contributed by atoms with E-state index in [1.54, 1.807) is 42.5 Å². The van der Waals surface area contributed by atoms with Gasteiger partial charge in [0, 0.05) is 17.1 Å². The lowest BCUT2D eigenvalue weighted by atomic mass is 9.46. The SMILES string of the molecule is CSCC[C@@H](NC(=O)[C@@H](N)Cc1ccc(O)cc1)C(=O)[C@](C)(C(=O)C1C2CC3CC(C2)CC1(N)C3)N(C(=O)CO)c1ccccc1.Cl. The Morgan fingerprint density at radius 1 is 1.04 bits per heavy atom. The zero-order chi connectivity index (χ0) is 33.2. The third kappa shape index (κ3) is 7.39. The number of rotatable bonds is 14. The first-order valence-corrected chi connectivity index (χ1v) is 17.5. The Hall–Kier alpha value is -2.96. The van der Waals surface area contributed by atoms with Gasteiger partial charge in [0.2, 0.25) is 5.91 Å². The van der Waals surface area contributed by atoms with Crippen LogP contribution in [0.5, 0.6) is 5.75 Å². The quantitative estimate of drug-likeness (QED) is 0.187. The zero-order valence-electron chi connectivity index (χ0n) is 27.0. The van der Waals surface area contributed by atoms with E-state index in [1.165, 1.54) is 30.8 Å². The number of benzene rings is 2. The van der Waals surface area contributed by atoms with Crippen LogP contribution >= 0.6 is 24.2 Å². The van der Waals surface area contributed by atoms with E-state index in [0.29, 0.717) is 36.1 Å². The Balaban J connectivity index is 0.00000500. The topological polar surface area (TPSA) is 176 Å². The summed E-state index contributed by atoms with van der Waals surface area (Å²) in [6, 6.07) is 12.6. The molecule has 4 saturated carbocycles. The Labute approximate surface area is 286 Å². The van der Waals surface area contributed by atoms with Crippen molar-refractivity contribution in [3.8, 4) is 5.75 Å². The molecule has 0 spiro atoms. The summed E-state index contributed by atoms with van der Waals surface area (Å²) in [7, 11) is 0. The Bertz CT molecular complexity index is 1430. The highest BCUT2D eigenvalue weighted by Gasteiger charge is 2.63. The summed E-state index contributed by atoms with van der Waals surface area (Å²) in [5.41, 5.74) is 11.5. The fourth-order valence-electron chi connectivity index (χ4n) is 8.62. The number of phenolic OH excluding ortho intramolecular Hbond substituents is 1. The van der Waals surface area contributed by atoms with Gasteiger partial charge in [0.25, 0.3) is 5.91 Å². The molecule has 6 atom stereocenters. The van der Waals surface area contributed by atoms with Gasteiger partial charge < -0.3 is 27.0 Å². The molecule has 4 aliphatic carbocycles. The normalized spacial score (nSPS) is 26.7. The molecule has 4 aliphatic rings. The van der Waals surface area contributed by atoms with Crippen LogP contribution in [0.4, 0.5) is 5.69 Å². The third-order valence-corrected chi connectivity index (χ3v) is 11.1. The largest absolute Gasteiger partial charge is 0.508 e. The molecule has 0 radical (unpaired) electrons. The lowest BCUT2D eigenvalue weighted by Crippen LogP contribution is -2.73. The van der Waals surface area contributed by atoms with E-state index in [2.05, 4.69) is 5.32 Å². The van der Waals surface area contributed by atoms with Gasteiger partial charge in [-0.2, -0.15) is 11.8 Å². The highest BCUT2D eigenvalue weighted by Crippen LogP contribution is 2.58. The molecule has 7 N–H and O–H groups in total. The third-order valence-electron chi connectivity index (χ3n) is 10.4. The van der Waals surface area contributed by atoms with Crippen molar-refractivity contribution in [1.82, 2.24) is 5.32 Å². The summed E-state index contributed by atoms with van der Waals surface area (Å²) in [5, 5.41) is 22.6. The zero-order valence-corrected chi connectivity index (χ0v) is 28.6. The predicted octanol–water partition coefficient (Wildman–Crippen LogP) is 3.00. The lowest BCUT2D eigenvalue weighted by Gasteiger charge is -2.60. The van der Waals surface area contributed by atoms with Crippen LogP contribution in [-0.2, 0) is 25.6 Å². The fourth-order valence-corrected chi connectivity index (χ4v) is 9.10. The minimum absolute atomic E-state index is 0. The summed E-state index contributed by atoms with van der Waals surface area (Å²) in [5.74, 6) is -1.64. The van der Waals surface area contributed by atoms with Gasteiger partial charge in [-0.3, -0.25) is 24.1 Å². The maximum absolute atomic E-state index is 15.2. The second-order valence-corrected chi connectivity index (χ2v) is 14.6. The molecule has 0 heterocycles. The number of nitrogens with zero attached hydrogens (tertiary/aromatic N) is 1.